The molecular weight excluding hydrogens is 220 g/mol. The van der Waals surface area contributed by atoms with E-state index in [1.54, 1.807) is 6.92 Å². The minimum absolute atomic E-state index is 0.0358. The van der Waals surface area contributed by atoms with E-state index >= 15 is 0 Å². The Morgan fingerprint density at radius 1 is 1.59 bits per heavy atom. The molecule has 4 nitrogen and oxygen atoms in total. The lowest BCUT2D eigenvalue weighted by Crippen LogP contribution is -2.27. The number of carbonyl (C=O) groups is 1. The van der Waals surface area contributed by atoms with Crippen LogP contribution in [0.1, 0.15) is 29.3 Å². The molecule has 0 spiro atoms. The van der Waals surface area contributed by atoms with Crippen molar-refractivity contribution in [3.63, 3.8) is 0 Å². The molecule has 1 atom stereocenters. The van der Waals surface area contributed by atoms with Crippen molar-refractivity contribution in [2.24, 2.45) is 5.92 Å². The summed E-state index contributed by atoms with van der Waals surface area (Å²) in [6.07, 6.45) is 0.737. The summed E-state index contributed by atoms with van der Waals surface area (Å²) >= 11 is 0. The summed E-state index contributed by atoms with van der Waals surface area (Å²) in [5.74, 6) is 0.834. The number of methoxy groups -OCH3 is 1. The van der Waals surface area contributed by atoms with Crippen LogP contribution < -0.4 is 9.47 Å². The van der Waals surface area contributed by atoms with E-state index in [4.69, 9.17) is 9.47 Å². The predicted octanol–water partition coefficient (Wildman–Crippen LogP) is 2.31. The number of phenols is 1. The highest BCUT2D eigenvalue weighted by molar-refractivity contribution is 6.04. The Balaban J connectivity index is 2.62. The van der Waals surface area contributed by atoms with Crippen LogP contribution in [0.25, 0.3) is 0 Å². The highest BCUT2D eigenvalue weighted by Gasteiger charge is 2.32. The van der Waals surface area contributed by atoms with E-state index in [9.17, 15) is 9.90 Å². The molecule has 0 radical (unpaired) electrons. The predicted molar refractivity (Wildman–Crippen MR) is 63.0 cm³/mol. The van der Waals surface area contributed by atoms with Gasteiger partial charge < -0.3 is 14.6 Å². The number of rotatable bonds is 2. The van der Waals surface area contributed by atoms with Gasteiger partial charge in [0.05, 0.1) is 19.6 Å². The molecule has 0 bridgehead atoms. The maximum atomic E-state index is 12.2. The monoisotopic (exact) mass is 236 g/mol. The molecule has 1 heterocycles. The van der Waals surface area contributed by atoms with Crippen molar-refractivity contribution in [3.05, 3.63) is 17.2 Å². The molecule has 0 aliphatic carbocycles. The van der Waals surface area contributed by atoms with Crippen molar-refractivity contribution in [2.75, 3.05) is 13.7 Å². The third-order valence-electron chi connectivity index (χ3n) is 3.22. The van der Waals surface area contributed by atoms with Crippen molar-refractivity contribution in [1.82, 2.24) is 0 Å². The molecule has 1 aliphatic rings. The molecule has 0 aromatic heterocycles. The van der Waals surface area contributed by atoms with Gasteiger partial charge in [-0.15, -0.1) is 0 Å². The molecule has 4 heteroatoms. The molecule has 1 aromatic rings. The van der Waals surface area contributed by atoms with Crippen LogP contribution in [0.5, 0.6) is 17.2 Å². The third-order valence-corrected chi connectivity index (χ3v) is 3.22. The average molecular weight is 236 g/mol. The average Bonchev–Trinajstić information content (AvgIpc) is 2.32. The second-order valence-electron chi connectivity index (χ2n) is 4.21. The van der Waals surface area contributed by atoms with Gasteiger partial charge in [0.15, 0.2) is 5.78 Å². The molecular formula is C13H16O4. The lowest BCUT2D eigenvalue weighted by Gasteiger charge is -2.25. The fraction of sp³-hybridized carbons (Fsp3) is 0.462. The summed E-state index contributed by atoms with van der Waals surface area (Å²) in [4.78, 5) is 12.2. The van der Waals surface area contributed by atoms with E-state index in [2.05, 4.69) is 0 Å². The van der Waals surface area contributed by atoms with Gasteiger partial charge in [-0.05, 0) is 13.3 Å². The van der Waals surface area contributed by atoms with Gasteiger partial charge in [0.2, 0.25) is 0 Å². The van der Waals surface area contributed by atoms with Gasteiger partial charge in [0.25, 0.3) is 0 Å². The molecule has 92 valence electrons. The van der Waals surface area contributed by atoms with Gasteiger partial charge in [0, 0.05) is 11.6 Å². The lowest BCUT2D eigenvalue weighted by atomic mass is 9.91. The van der Waals surface area contributed by atoms with Crippen molar-refractivity contribution < 1.29 is 19.4 Å². The first-order valence-electron chi connectivity index (χ1n) is 5.67. The van der Waals surface area contributed by atoms with Gasteiger partial charge in [-0.1, -0.05) is 6.92 Å². The first-order valence-corrected chi connectivity index (χ1v) is 5.67. The highest BCUT2D eigenvalue weighted by atomic mass is 16.5. The van der Waals surface area contributed by atoms with E-state index in [0.717, 1.165) is 6.42 Å². The number of hydrogen-bond donors (Lipinski definition) is 1. The zero-order chi connectivity index (χ0) is 12.6. The molecule has 0 fully saturated rings. The lowest BCUT2D eigenvalue weighted by molar-refractivity contribution is 0.0821. The van der Waals surface area contributed by atoms with Crippen molar-refractivity contribution >= 4 is 5.78 Å². The van der Waals surface area contributed by atoms with Crippen LogP contribution in [-0.2, 0) is 0 Å². The van der Waals surface area contributed by atoms with Gasteiger partial charge in [-0.3, -0.25) is 4.79 Å². The van der Waals surface area contributed by atoms with Crippen LogP contribution in [0.4, 0.5) is 0 Å². The maximum Gasteiger partial charge on any atom is 0.176 e. The molecule has 1 aromatic carbocycles. The molecule has 1 N–H and O–H groups in total. The second-order valence-corrected chi connectivity index (χ2v) is 4.21. The summed E-state index contributed by atoms with van der Waals surface area (Å²) in [5.41, 5.74) is 1.03. The number of ether oxygens (including phenoxy) is 2. The van der Waals surface area contributed by atoms with Crippen LogP contribution in [0.15, 0.2) is 6.07 Å². The van der Waals surface area contributed by atoms with Gasteiger partial charge in [-0.2, -0.15) is 0 Å². The summed E-state index contributed by atoms with van der Waals surface area (Å²) < 4.78 is 10.7. The molecule has 1 unspecified atom stereocenters. The molecule has 0 saturated carbocycles. The standard InChI is InChI=1S/C13H16O4/c1-4-8-6-17-10-5-9(14)7(2)13(16-3)11(10)12(8)15/h5,8,14H,4,6H2,1-3H3. The topological polar surface area (TPSA) is 55.8 Å². The Hall–Kier alpha value is -1.71. The summed E-state index contributed by atoms with van der Waals surface area (Å²) in [5, 5.41) is 9.73. The van der Waals surface area contributed by atoms with E-state index in [-0.39, 0.29) is 17.5 Å². The maximum absolute atomic E-state index is 12.2. The first-order chi connectivity index (χ1) is 8.10. The van der Waals surface area contributed by atoms with Gasteiger partial charge >= 0.3 is 0 Å². The van der Waals surface area contributed by atoms with Crippen LogP contribution in [-0.4, -0.2) is 24.6 Å². The molecule has 2 rings (SSSR count). The highest BCUT2D eigenvalue weighted by Crippen LogP contribution is 2.41. The zero-order valence-corrected chi connectivity index (χ0v) is 10.2. The summed E-state index contributed by atoms with van der Waals surface area (Å²) in [7, 11) is 1.49. The van der Waals surface area contributed by atoms with Crippen LogP contribution >= 0.6 is 0 Å². The SMILES string of the molecule is CCC1COc2cc(O)c(C)c(OC)c2C1=O. The number of aromatic hydroxyl groups is 1. The number of carbonyl (C=O) groups excluding carboxylic acids is 1. The number of phenolic OH excluding ortho intramolecular Hbond substituents is 1. The van der Waals surface area contributed by atoms with E-state index in [1.807, 2.05) is 6.92 Å². The minimum Gasteiger partial charge on any atom is -0.507 e. The second kappa shape index (κ2) is 4.28. The minimum atomic E-state index is -0.125. The Bertz CT molecular complexity index is 465. The van der Waals surface area contributed by atoms with Crippen molar-refractivity contribution in [3.8, 4) is 17.2 Å². The van der Waals surface area contributed by atoms with Crippen molar-refractivity contribution in [2.45, 2.75) is 20.3 Å². The Morgan fingerprint density at radius 2 is 2.29 bits per heavy atom. The van der Waals surface area contributed by atoms with Gasteiger partial charge in [0.1, 0.15) is 22.8 Å². The van der Waals surface area contributed by atoms with E-state index in [0.29, 0.717) is 29.2 Å². The fourth-order valence-corrected chi connectivity index (χ4v) is 2.10. The normalized spacial score (nSPS) is 18.5. The molecule has 0 amide bonds. The number of fused-ring (bicyclic) bond motifs is 1. The molecule has 17 heavy (non-hydrogen) atoms. The summed E-state index contributed by atoms with van der Waals surface area (Å²) in [6.45, 7) is 4.04. The zero-order valence-electron chi connectivity index (χ0n) is 10.2. The molecule has 0 saturated heterocycles. The smallest absolute Gasteiger partial charge is 0.176 e. The van der Waals surface area contributed by atoms with Crippen LogP contribution in [0.2, 0.25) is 0 Å². The number of ketones is 1. The quantitative estimate of drug-likeness (QED) is 0.856. The third kappa shape index (κ3) is 1.73. The van der Waals surface area contributed by atoms with Crippen LogP contribution in [0.3, 0.4) is 0 Å². The largest absolute Gasteiger partial charge is 0.507 e. The summed E-state index contributed by atoms with van der Waals surface area (Å²) in [6, 6.07) is 1.48. The number of benzene rings is 1. The number of Topliss-reactive ketones (excluding diaryl/α,β-unsaturated/α-hetero) is 1. The molecule has 1 aliphatic heterocycles. The fourth-order valence-electron chi connectivity index (χ4n) is 2.10. The Morgan fingerprint density at radius 3 is 2.88 bits per heavy atom. The number of hydrogen-bond acceptors (Lipinski definition) is 4. The Kier molecular flexibility index (Phi) is 2.96. The van der Waals surface area contributed by atoms with E-state index in [1.165, 1.54) is 13.2 Å². The van der Waals surface area contributed by atoms with Crippen molar-refractivity contribution in [1.29, 1.82) is 0 Å². The Labute approximate surface area is 100 Å². The van der Waals surface area contributed by atoms with Gasteiger partial charge in [-0.25, -0.2) is 0 Å². The van der Waals surface area contributed by atoms with E-state index < -0.39 is 0 Å². The first kappa shape index (κ1) is 11.8. The van der Waals surface area contributed by atoms with Crippen LogP contribution in [0, 0.1) is 12.8 Å².